The zero-order valence-electron chi connectivity index (χ0n) is 20.7. The van der Waals surface area contributed by atoms with Crippen molar-refractivity contribution in [2.24, 2.45) is 0 Å². The fraction of sp³-hybridized carbons (Fsp3) is 0.138. The third-order valence-corrected chi connectivity index (χ3v) is 5.96. The maximum absolute atomic E-state index is 13.8. The quantitative estimate of drug-likeness (QED) is 0.261. The number of aromatic nitrogens is 2. The Morgan fingerprint density at radius 1 is 0.947 bits per heavy atom. The zero-order chi connectivity index (χ0) is 26.3. The lowest BCUT2D eigenvalue weighted by atomic mass is 10.1. The number of halogens is 1. The Hall–Kier alpha value is -4.76. The maximum atomic E-state index is 13.8. The molecule has 1 saturated heterocycles. The SMILES string of the molecule is C=CC(=O)Nc1cccc(-c2nc(Nc3cccc(N4CCOCC4)c3)ncc2Nc2cccc(F)c2)c1. The number of benzene rings is 3. The highest BCUT2D eigenvalue weighted by Crippen LogP contribution is 2.32. The number of hydrogen-bond donors (Lipinski definition) is 3. The lowest BCUT2D eigenvalue weighted by Gasteiger charge is -2.29. The second-order valence-corrected chi connectivity index (χ2v) is 8.64. The number of ether oxygens (including phenoxy) is 1. The van der Waals surface area contributed by atoms with Crippen molar-refractivity contribution in [3.05, 3.63) is 97.5 Å². The molecule has 3 aromatic carbocycles. The molecule has 0 bridgehead atoms. The normalized spacial score (nSPS) is 13.0. The maximum Gasteiger partial charge on any atom is 0.247 e. The third kappa shape index (κ3) is 6.13. The largest absolute Gasteiger partial charge is 0.378 e. The molecular weight excluding hydrogens is 483 g/mol. The van der Waals surface area contributed by atoms with Crippen LogP contribution in [0.4, 0.5) is 38.8 Å². The lowest BCUT2D eigenvalue weighted by molar-refractivity contribution is -0.111. The van der Waals surface area contributed by atoms with Gasteiger partial charge in [-0.3, -0.25) is 4.79 Å². The molecule has 1 aliphatic heterocycles. The number of hydrogen-bond acceptors (Lipinski definition) is 7. The highest BCUT2D eigenvalue weighted by Gasteiger charge is 2.14. The van der Waals surface area contributed by atoms with Gasteiger partial charge in [0.2, 0.25) is 11.9 Å². The van der Waals surface area contributed by atoms with E-state index in [1.54, 1.807) is 24.4 Å². The number of rotatable bonds is 8. The minimum Gasteiger partial charge on any atom is -0.378 e. The van der Waals surface area contributed by atoms with Gasteiger partial charge in [-0.2, -0.15) is 0 Å². The van der Waals surface area contributed by atoms with Gasteiger partial charge in [0.25, 0.3) is 0 Å². The Kier molecular flexibility index (Phi) is 7.56. The Bertz CT molecular complexity index is 1450. The van der Waals surface area contributed by atoms with Crippen LogP contribution in [0.5, 0.6) is 0 Å². The molecule has 0 atom stereocenters. The van der Waals surface area contributed by atoms with E-state index in [0.29, 0.717) is 41.9 Å². The van der Waals surface area contributed by atoms with Crippen LogP contribution in [0.3, 0.4) is 0 Å². The first-order chi connectivity index (χ1) is 18.6. The second kappa shape index (κ2) is 11.5. The van der Waals surface area contributed by atoms with Crippen LogP contribution in [0.1, 0.15) is 0 Å². The van der Waals surface area contributed by atoms with Gasteiger partial charge < -0.3 is 25.6 Å². The summed E-state index contributed by atoms with van der Waals surface area (Å²) in [6.45, 7) is 6.58. The van der Waals surface area contributed by atoms with E-state index in [-0.39, 0.29) is 11.7 Å². The Balaban J connectivity index is 1.48. The smallest absolute Gasteiger partial charge is 0.247 e. The summed E-state index contributed by atoms with van der Waals surface area (Å²) < 4.78 is 19.3. The number of carbonyl (C=O) groups is 1. The average Bonchev–Trinajstić information content (AvgIpc) is 2.94. The van der Waals surface area contributed by atoms with E-state index in [4.69, 9.17) is 9.72 Å². The molecule has 4 aromatic rings. The highest BCUT2D eigenvalue weighted by atomic mass is 19.1. The number of morpholine rings is 1. The van der Waals surface area contributed by atoms with Crippen molar-refractivity contribution in [2.45, 2.75) is 0 Å². The van der Waals surface area contributed by atoms with Crippen molar-refractivity contribution in [2.75, 3.05) is 47.2 Å². The molecule has 0 radical (unpaired) electrons. The van der Waals surface area contributed by atoms with Gasteiger partial charge >= 0.3 is 0 Å². The van der Waals surface area contributed by atoms with Crippen LogP contribution in [-0.4, -0.2) is 42.2 Å². The molecule has 3 N–H and O–H groups in total. The first-order valence-electron chi connectivity index (χ1n) is 12.2. The Morgan fingerprint density at radius 2 is 1.68 bits per heavy atom. The van der Waals surface area contributed by atoms with Gasteiger partial charge in [0.05, 0.1) is 30.8 Å². The number of nitrogens with zero attached hydrogens (tertiary/aromatic N) is 3. The second-order valence-electron chi connectivity index (χ2n) is 8.64. The topological polar surface area (TPSA) is 91.4 Å². The van der Waals surface area contributed by atoms with Crippen molar-refractivity contribution in [3.8, 4) is 11.3 Å². The van der Waals surface area contributed by atoms with E-state index in [0.717, 1.165) is 30.0 Å². The monoisotopic (exact) mass is 510 g/mol. The van der Waals surface area contributed by atoms with Gasteiger partial charge in [-0.15, -0.1) is 0 Å². The summed E-state index contributed by atoms with van der Waals surface area (Å²) in [4.78, 5) is 23.4. The van der Waals surface area contributed by atoms with Crippen LogP contribution >= 0.6 is 0 Å². The van der Waals surface area contributed by atoms with Crippen molar-refractivity contribution in [1.82, 2.24) is 9.97 Å². The first kappa shape index (κ1) is 24.9. The highest BCUT2D eigenvalue weighted by molar-refractivity contribution is 5.99. The summed E-state index contributed by atoms with van der Waals surface area (Å²) in [5.41, 5.74) is 4.98. The van der Waals surface area contributed by atoms with Crippen molar-refractivity contribution >= 4 is 40.3 Å². The van der Waals surface area contributed by atoms with Crippen LogP contribution in [0.25, 0.3) is 11.3 Å². The van der Waals surface area contributed by atoms with E-state index in [1.807, 2.05) is 30.3 Å². The molecule has 0 aliphatic carbocycles. The van der Waals surface area contributed by atoms with E-state index < -0.39 is 0 Å². The van der Waals surface area contributed by atoms with Crippen LogP contribution < -0.4 is 20.9 Å². The molecule has 0 unspecified atom stereocenters. The average molecular weight is 511 g/mol. The van der Waals surface area contributed by atoms with Gasteiger partial charge in [0.1, 0.15) is 5.82 Å². The number of anilines is 6. The van der Waals surface area contributed by atoms with Crippen LogP contribution in [0.2, 0.25) is 0 Å². The number of nitrogens with one attached hydrogen (secondary N) is 3. The van der Waals surface area contributed by atoms with Crippen LogP contribution in [-0.2, 0) is 9.53 Å². The minimum atomic E-state index is -0.356. The molecule has 8 nitrogen and oxygen atoms in total. The first-order valence-corrected chi connectivity index (χ1v) is 12.2. The molecule has 5 rings (SSSR count). The molecule has 0 spiro atoms. The summed E-state index contributed by atoms with van der Waals surface area (Å²) in [5.74, 6) is -0.278. The van der Waals surface area contributed by atoms with Crippen LogP contribution in [0, 0.1) is 5.82 Å². The lowest BCUT2D eigenvalue weighted by Crippen LogP contribution is -2.36. The Morgan fingerprint density at radius 3 is 2.47 bits per heavy atom. The molecule has 1 aliphatic rings. The molecular formula is C29H27FN6O2. The molecule has 1 aromatic heterocycles. The predicted octanol–water partition coefficient (Wildman–Crippen LogP) is 5.73. The summed E-state index contributed by atoms with van der Waals surface area (Å²) in [6, 6.07) is 21.5. The molecule has 1 fully saturated rings. The van der Waals surface area contributed by atoms with Gasteiger partial charge in [-0.25, -0.2) is 14.4 Å². The van der Waals surface area contributed by atoms with Gasteiger partial charge in [-0.05, 0) is 54.6 Å². The van der Waals surface area contributed by atoms with Crippen molar-refractivity contribution in [1.29, 1.82) is 0 Å². The van der Waals surface area contributed by atoms with E-state index in [2.05, 4.69) is 44.5 Å². The van der Waals surface area contributed by atoms with E-state index in [9.17, 15) is 9.18 Å². The summed E-state index contributed by atoms with van der Waals surface area (Å²) >= 11 is 0. The third-order valence-electron chi connectivity index (χ3n) is 5.96. The van der Waals surface area contributed by atoms with E-state index in [1.165, 1.54) is 18.2 Å². The zero-order valence-corrected chi connectivity index (χ0v) is 20.7. The molecule has 2 heterocycles. The van der Waals surface area contributed by atoms with Gasteiger partial charge in [0.15, 0.2) is 0 Å². The van der Waals surface area contributed by atoms with Gasteiger partial charge in [0, 0.05) is 41.4 Å². The Labute approximate surface area is 220 Å². The summed E-state index contributed by atoms with van der Waals surface area (Å²) in [5, 5.41) is 9.28. The van der Waals surface area contributed by atoms with E-state index >= 15 is 0 Å². The van der Waals surface area contributed by atoms with Crippen molar-refractivity contribution in [3.63, 3.8) is 0 Å². The van der Waals surface area contributed by atoms with Gasteiger partial charge in [-0.1, -0.05) is 30.8 Å². The van der Waals surface area contributed by atoms with Crippen LogP contribution in [0.15, 0.2) is 91.6 Å². The molecule has 0 saturated carbocycles. The molecule has 1 amide bonds. The molecule has 9 heteroatoms. The minimum absolute atomic E-state index is 0.314. The summed E-state index contributed by atoms with van der Waals surface area (Å²) in [7, 11) is 0. The fourth-order valence-electron chi connectivity index (χ4n) is 4.14. The summed E-state index contributed by atoms with van der Waals surface area (Å²) in [6.07, 6.45) is 2.86. The number of amides is 1. The number of carbonyl (C=O) groups excluding carboxylic acids is 1. The molecule has 38 heavy (non-hydrogen) atoms. The van der Waals surface area contributed by atoms with Crippen molar-refractivity contribution < 1.29 is 13.9 Å². The molecule has 192 valence electrons. The predicted molar refractivity (Wildman–Crippen MR) is 149 cm³/mol. The standard InChI is InChI=1S/C29H27FN6O2/c1-2-27(37)33-22-8-3-6-20(16-22)28-26(32-23-9-4-7-21(30)17-23)19-31-29(35-28)34-24-10-5-11-25(18-24)36-12-14-38-15-13-36/h2-11,16-19,32H,1,12-15H2,(H,33,37)(H,31,34,35). The fourth-order valence-corrected chi connectivity index (χ4v) is 4.14.